The molecular weight excluding hydrogens is 217 g/mol. The van der Waals surface area contributed by atoms with Crippen LogP contribution in [0.3, 0.4) is 0 Å². The molecule has 0 fully saturated rings. The average molecular weight is 239 g/mol. The Morgan fingerprint density at radius 2 is 2.12 bits per heavy atom. The van der Waals surface area contributed by atoms with Crippen LogP contribution in [0.2, 0.25) is 0 Å². The Hall–Kier alpha value is -1.29. The first-order valence-corrected chi connectivity index (χ1v) is 6.02. The zero-order valence-corrected chi connectivity index (χ0v) is 10.8. The lowest BCUT2D eigenvalue weighted by Crippen LogP contribution is -2.26. The highest BCUT2D eigenvalue weighted by atomic mass is 19.1. The van der Waals surface area contributed by atoms with E-state index in [1.54, 1.807) is 6.07 Å². The van der Waals surface area contributed by atoms with Gasteiger partial charge in [0.1, 0.15) is 5.82 Å². The maximum atomic E-state index is 13.9. The fourth-order valence-corrected chi connectivity index (χ4v) is 1.52. The molecule has 0 heterocycles. The summed E-state index contributed by atoms with van der Waals surface area (Å²) in [6.07, 6.45) is 0.884. The van der Waals surface area contributed by atoms with Gasteiger partial charge in [0.25, 0.3) is 0 Å². The van der Waals surface area contributed by atoms with E-state index in [9.17, 15) is 4.39 Å². The molecule has 1 aromatic carbocycles. The predicted octanol–water partition coefficient (Wildman–Crippen LogP) is 2.43. The van der Waals surface area contributed by atoms with Crippen LogP contribution in [0.1, 0.15) is 20.3 Å². The molecule has 1 rings (SSSR count). The zero-order valence-electron chi connectivity index (χ0n) is 10.8. The molecule has 3 N–H and O–H groups in total. The van der Waals surface area contributed by atoms with Crippen molar-refractivity contribution >= 4 is 11.4 Å². The van der Waals surface area contributed by atoms with Crippen molar-refractivity contribution in [3.05, 3.63) is 24.0 Å². The molecule has 0 unspecified atom stereocenters. The summed E-state index contributed by atoms with van der Waals surface area (Å²) in [5, 5.41) is 3.14. The van der Waals surface area contributed by atoms with Crippen LogP contribution in [-0.2, 0) is 0 Å². The molecule has 96 valence electrons. The first kappa shape index (κ1) is 13.8. The van der Waals surface area contributed by atoms with Crippen LogP contribution in [0.25, 0.3) is 0 Å². The number of anilines is 2. The van der Waals surface area contributed by atoms with Gasteiger partial charge in [0.05, 0.1) is 5.69 Å². The number of benzene rings is 1. The van der Waals surface area contributed by atoms with Crippen molar-refractivity contribution in [3.8, 4) is 0 Å². The summed E-state index contributed by atoms with van der Waals surface area (Å²) in [6.45, 7) is 5.48. The Morgan fingerprint density at radius 1 is 1.41 bits per heavy atom. The van der Waals surface area contributed by atoms with Crippen molar-refractivity contribution in [2.45, 2.75) is 26.3 Å². The minimum atomic E-state index is -0.195. The number of hydrogen-bond donors (Lipinski definition) is 2. The predicted molar refractivity (Wildman–Crippen MR) is 72.1 cm³/mol. The highest BCUT2D eigenvalue weighted by Gasteiger charge is 2.10. The molecular formula is C13H22FN3. The van der Waals surface area contributed by atoms with Gasteiger partial charge >= 0.3 is 0 Å². The molecule has 0 saturated heterocycles. The second-order valence-corrected chi connectivity index (χ2v) is 4.44. The quantitative estimate of drug-likeness (QED) is 0.749. The van der Waals surface area contributed by atoms with E-state index in [0.717, 1.165) is 18.7 Å². The second-order valence-electron chi connectivity index (χ2n) is 4.44. The Balaban J connectivity index is 2.72. The highest BCUT2D eigenvalue weighted by Crippen LogP contribution is 2.23. The molecule has 0 aliphatic rings. The van der Waals surface area contributed by atoms with Crippen LogP contribution in [-0.4, -0.2) is 26.2 Å². The molecule has 0 radical (unpaired) electrons. The number of nitrogens with zero attached hydrogens (tertiary/aromatic N) is 1. The maximum absolute atomic E-state index is 13.9. The third-order valence-corrected chi connectivity index (χ3v) is 2.81. The molecule has 0 amide bonds. The third-order valence-electron chi connectivity index (χ3n) is 2.81. The molecule has 0 aromatic heterocycles. The molecule has 0 aliphatic heterocycles. The third kappa shape index (κ3) is 3.89. The van der Waals surface area contributed by atoms with Crippen molar-refractivity contribution in [1.29, 1.82) is 0 Å². The number of nitrogens with one attached hydrogen (secondary N) is 1. The normalized spacial score (nSPS) is 10.7. The van der Waals surface area contributed by atoms with Gasteiger partial charge in [-0.3, -0.25) is 0 Å². The fraction of sp³-hybridized carbons (Fsp3) is 0.538. The van der Waals surface area contributed by atoms with E-state index in [-0.39, 0.29) is 11.9 Å². The number of halogens is 1. The largest absolute Gasteiger partial charge is 0.385 e. The van der Waals surface area contributed by atoms with Gasteiger partial charge in [0.2, 0.25) is 0 Å². The van der Waals surface area contributed by atoms with Crippen molar-refractivity contribution in [2.24, 2.45) is 5.73 Å². The maximum Gasteiger partial charge on any atom is 0.148 e. The summed E-state index contributed by atoms with van der Waals surface area (Å²) in [6, 6.07) is 5.51. The van der Waals surface area contributed by atoms with E-state index in [1.807, 2.05) is 31.9 Å². The first-order valence-electron chi connectivity index (χ1n) is 6.02. The molecule has 0 aliphatic carbocycles. The molecule has 0 bridgehead atoms. The Kier molecular flexibility index (Phi) is 5.22. The van der Waals surface area contributed by atoms with Gasteiger partial charge in [-0.2, -0.15) is 0 Å². The van der Waals surface area contributed by atoms with Crippen LogP contribution in [0.5, 0.6) is 0 Å². The molecule has 0 spiro atoms. The van der Waals surface area contributed by atoms with Crippen LogP contribution in [0, 0.1) is 5.82 Å². The molecule has 3 nitrogen and oxygen atoms in total. The van der Waals surface area contributed by atoms with E-state index in [1.165, 1.54) is 6.07 Å². The molecule has 17 heavy (non-hydrogen) atoms. The van der Waals surface area contributed by atoms with Gasteiger partial charge < -0.3 is 16.0 Å². The highest BCUT2D eigenvalue weighted by molar-refractivity contribution is 5.56. The van der Waals surface area contributed by atoms with Gasteiger partial charge in [-0.1, -0.05) is 0 Å². The van der Waals surface area contributed by atoms with Crippen molar-refractivity contribution in [1.82, 2.24) is 0 Å². The smallest absolute Gasteiger partial charge is 0.148 e. The Labute approximate surface area is 103 Å². The Bertz CT molecular complexity index is 353. The molecule has 4 heteroatoms. The summed E-state index contributed by atoms with van der Waals surface area (Å²) in [7, 11) is 1.89. The first-order chi connectivity index (χ1) is 8.06. The van der Waals surface area contributed by atoms with E-state index in [2.05, 4.69) is 5.32 Å². The van der Waals surface area contributed by atoms with E-state index < -0.39 is 0 Å². The van der Waals surface area contributed by atoms with Crippen LogP contribution in [0.4, 0.5) is 15.8 Å². The molecule has 0 atom stereocenters. The van der Waals surface area contributed by atoms with Gasteiger partial charge in [0, 0.05) is 25.3 Å². The minimum Gasteiger partial charge on any atom is -0.385 e. The van der Waals surface area contributed by atoms with Crippen molar-refractivity contribution in [2.75, 3.05) is 30.4 Å². The lowest BCUT2D eigenvalue weighted by atomic mass is 10.2. The number of hydrogen-bond acceptors (Lipinski definition) is 3. The standard InChI is InChI=1S/C13H22FN3/c1-10(2)17(3)13-6-5-11(9-12(13)14)16-8-4-7-15/h5-6,9-10,16H,4,7-8,15H2,1-3H3. The number of nitrogens with two attached hydrogens (primary N) is 1. The monoisotopic (exact) mass is 239 g/mol. The van der Waals surface area contributed by atoms with Gasteiger partial charge in [-0.25, -0.2) is 4.39 Å². The lowest BCUT2D eigenvalue weighted by Gasteiger charge is -2.24. The molecule has 1 aromatic rings. The SMILES string of the molecule is CC(C)N(C)c1ccc(NCCCN)cc1F. The average Bonchev–Trinajstić information content (AvgIpc) is 2.28. The van der Waals surface area contributed by atoms with E-state index >= 15 is 0 Å². The van der Waals surface area contributed by atoms with E-state index in [4.69, 9.17) is 5.73 Å². The van der Waals surface area contributed by atoms with Crippen LogP contribution >= 0.6 is 0 Å². The van der Waals surface area contributed by atoms with E-state index in [0.29, 0.717) is 12.2 Å². The topological polar surface area (TPSA) is 41.3 Å². The zero-order chi connectivity index (χ0) is 12.8. The summed E-state index contributed by atoms with van der Waals surface area (Å²) in [5.74, 6) is -0.195. The number of rotatable bonds is 6. The lowest BCUT2D eigenvalue weighted by molar-refractivity contribution is 0.614. The summed E-state index contributed by atoms with van der Waals surface area (Å²) >= 11 is 0. The van der Waals surface area contributed by atoms with Crippen molar-refractivity contribution < 1.29 is 4.39 Å². The summed E-state index contributed by atoms with van der Waals surface area (Å²) in [4.78, 5) is 1.92. The Morgan fingerprint density at radius 3 is 2.65 bits per heavy atom. The van der Waals surface area contributed by atoms with Crippen LogP contribution in [0.15, 0.2) is 18.2 Å². The van der Waals surface area contributed by atoms with Crippen LogP contribution < -0.4 is 16.0 Å². The van der Waals surface area contributed by atoms with Gasteiger partial charge in [-0.15, -0.1) is 0 Å². The van der Waals surface area contributed by atoms with Crippen molar-refractivity contribution in [3.63, 3.8) is 0 Å². The minimum absolute atomic E-state index is 0.195. The van der Waals surface area contributed by atoms with Gasteiger partial charge in [0.15, 0.2) is 0 Å². The second kappa shape index (κ2) is 6.45. The summed E-state index contributed by atoms with van der Waals surface area (Å²) < 4.78 is 13.9. The van der Waals surface area contributed by atoms with Gasteiger partial charge in [-0.05, 0) is 45.0 Å². The summed E-state index contributed by atoms with van der Waals surface area (Å²) in [5.41, 5.74) is 6.83. The fourth-order valence-electron chi connectivity index (χ4n) is 1.52. The molecule has 0 saturated carbocycles.